The molecule has 1 aliphatic carbocycles. The van der Waals surface area contributed by atoms with Crippen molar-refractivity contribution in [3.63, 3.8) is 0 Å². The van der Waals surface area contributed by atoms with Crippen LogP contribution < -0.4 is 18.9 Å². The van der Waals surface area contributed by atoms with Gasteiger partial charge in [0, 0.05) is 17.4 Å². The molecule has 0 unspecified atom stereocenters. The van der Waals surface area contributed by atoms with Gasteiger partial charge in [0.1, 0.15) is 0 Å². The van der Waals surface area contributed by atoms with Gasteiger partial charge in [-0.3, -0.25) is 4.79 Å². The highest BCUT2D eigenvalue weighted by Crippen LogP contribution is 2.53. The van der Waals surface area contributed by atoms with Gasteiger partial charge < -0.3 is 23.7 Å². The van der Waals surface area contributed by atoms with Crippen molar-refractivity contribution in [3.8, 4) is 23.0 Å². The van der Waals surface area contributed by atoms with Crippen molar-refractivity contribution in [2.24, 2.45) is 11.8 Å². The topological polar surface area (TPSA) is 63.2 Å². The highest BCUT2D eigenvalue weighted by molar-refractivity contribution is 5.79. The molecule has 6 nitrogen and oxygen atoms in total. The first kappa shape index (κ1) is 14.3. The molecule has 2 aromatic rings. The fraction of sp³-hybridized carbons (Fsp3) is 0.350. The first-order valence-electron chi connectivity index (χ1n) is 8.77. The summed E-state index contributed by atoms with van der Waals surface area (Å²) in [6.07, 6.45) is 0.797. The Morgan fingerprint density at radius 3 is 2.58 bits per heavy atom. The quantitative estimate of drug-likeness (QED) is 0.735. The van der Waals surface area contributed by atoms with E-state index in [1.54, 1.807) is 0 Å². The molecule has 1 saturated heterocycles. The number of carbonyl (C=O) groups is 1. The lowest BCUT2D eigenvalue weighted by Crippen LogP contribution is -2.31. The van der Waals surface area contributed by atoms with Crippen LogP contribution in [0.15, 0.2) is 30.3 Å². The zero-order chi connectivity index (χ0) is 17.3. The van der Waals surface area contributed by atoms with E-state index in [1.807, 2.05) is 30.3 Å². The van der Waals surface area contributed by atoms with Crippen molar-refractivity contribution >= 4 is 5.97 Å². The highest BCUT2D eigenvalue weighted by Gasteiger charge is 2.49. The summed E-state index contributed by atoms with van der Waals surface area (Å²) < 4.78 is 27.9. The summed E-state index contributed by atoms with van der Waals surface area (Å²) in [5, 5.41) is 0. The maximum absolute atomic E-state index is 12.6. The Bertz CT molecular complexity index is 936. The molecule has 6 heteroatoms. The Morgan fingerprint density at radius 2 is 1.65 bits per heavy atom. The van der Waals surface area contributed by atoms with E-state index in [-0.39, 0.29) is 37.3 Å². The van der Waals surface area contributed by atoms with Crippen molar-refractivity contribution < 1.29 is 28.5 Å². The number of cyclic esters (lactones) is 1. The zero-order valence-electron chi connectivity index (χ0n) is 13.9. The van der Waals surface area contributed by atoms with Crippen molar-refractivity contribution in [2.45, 2.75) is 12.3 Å². The molecule has 0 saturated carbocycles. The largest absolute Gasteiger partial charge is 0.465 e. The molecule has 0 bridgehead atoms. The molecule has 2 aromatic carbocycles. The molecule has 132 valence electrons. The Kier molecular flexibility index (Phi) is 2.78. The van der Waals surface area contributed by atoms with E-state index in [4.69, 9.17) is 23.7 Å². The first-order chi connectivity index (χ1) is 12.8. The third-order valence-corrected chi connectivity index (χ3v) is 5.79. The Labute approximate surface area is 149 Å². The minimum atomic E-state index is -0.224. The Hall–Kier alpha value is -2.89. The van der Waals surface area contributed by atoms with Gasteiger partial charge in [0.05, 0.1) is 12.5 Å². The van der Waals surface area contributed by atoms with Crippen LogP contribution in [0.1, 0.15) is 22.6 Å². The maximum atomic E-state index is 12.6. The number of ether oxygens (including phenoxy) is 5. The normalized spacial score (nSPS) is 27.1. The second kappa shape index (κ2) is 5.06. The average molecular weight is 352 g/mol. The summed E-state index contributed by atoms with van der Waals surface area (Å²) in [6, 6.07) is 9.91. The van der Waals surface area contributed by atoms with E-state index >= 15 is 0 Å². The molecule has 3 heterocycles. The highest BCUT2D eigenvalue weighted by atomic mass is 16.7. The Balaban J connectivity index is 1.58. The number of benzene rings is 2. The molecule has 26 heavy (non-hydrogen) atoms. The zero-order valence-corrected chi connectivity index (χ0v) is 13.9. The van der Waals surface area contributed by atoms with E-state index in [9.17, 15) is 4.79 Å². The average Bonchev–Trinajstić information content (AvgIpc) is 3.37. The van der Waals surface area contributed by atoms with Crippen LogP contribution in [0.25, 0.3) is 0 Å². The third-order valence-electron chi connectivity index (χ3n) is 5.79. The van der Waals surface area contributed by atoms with Crippen LogP contribution in [0.4, 0.5) is 0 Å². The van der Waals surface area contributed by atoms with Crippen LogP contribution in [0.5, 0.6) is 23.0 Å². The minimum absolute atomic E-state index is 0.139. The van der Waals surface area contributed by atoms with Crippen LogP contribution >= 0.6 is 0 Å². The SMILES string of the molecule is O=C1OC[C@@H]2Cc3cc4c(cc3[C@@H](c3cccc5c3OCO5)[C@H]12)OCO4. The van der Waals surface area contributed by atoms with Gasteiger partial charge in [-0.25, -0.2) is 0 Å². The number of para-hydroxylation sites is 1. The van der Waals surface area contributed by atoms with Crippen LogP contribution in [0.2, 0.25) is 0 Å². The molecule has 3 aliphatic heterocycles. The standard InChI is InChI=1S/C20H16O6/c21-20-17-11(7-22-20)4-10-5-15-16(25-8-24-15)6-13(10)18(17)12-2-1-3-14-19(12)26-9-23-14/h1-3,5-6,11,17-18H,4,7-9H2/t11-,17+,18+/m0/s1. The summed E-state index contributed by atoms with van der Waals surface area (Å²) in [7, 11) is 0. The number of fused-ring (bicyclic) bond motifs is 4. The van der Waals surface area contributed by atoms with Gasteiger partial charge in [-0.2, -0.15) is 0 Å². The fourth-order valence-electron chi connectivity index (χ4n) is 4.68. The lowest BCUT2D eigenvalue weighted by molar-refractivity contribution is -0.141. The second-order valence-corrected chi connectivity index (χ2v) is 7.08. The molecular formula is C20H16O6. The summed E-state index contributed by atoms with van der Waals surface area (Å²) in [5.74, 6) is 2.58. The predicted molar refractivity (Wildman–Crippen MR) is 88.6 cm³/mol. The van der Waals surface area contributed by atoms with E-state index in [1.165, 1.54) is 5.56 Å². The molecular weight excluding hydrogens is 336 g/mol. The van der Waals surface area contributed by atoms with E-state index < -0.39 is 0 Å². The molecule has 1 fully saturated rings. The lowest BCUT2D eigenvalue weighted by atomic mass is 9.67. The third kappa shape index (κ3) is 1.84. The van der Waals surface area contributed by atoms with Crippen LogP contribution in [-0.4, -0.2) is 26.2 Å². The van der Waals surface area contributed by atoms with Crippen LogP contribution in [-0.2, 0) is 16.0 Å². The molecule has 0 amide bonds. The van der Waals surface area contributed by atoms with Crippen LogP contribution in [0.3, 0.4) is 0 Å². The molecule has 0 N–H and O–H groups in total. The molecule has 0 aromatic heterocycles. The van der Waals surface area contributed by atoms with Crippen molar-refractivity contribution in [3.05, 3.63) is 47.0 Å². The van der Waals surface area contributed by atoms with Crippen molar-refractivity contribution in [2.75, 3.05) is 20.2 Å². The van der Waals surface area contributed by atoms with Gasteiger partial charge in [-0.15, -0.1) is 0 Å². The monoisotopic (exact) mass is 352 g/mol. The van der Waals surface area contributed by atoms with E-state index in [2.05, 4.69) is 0 Å². The fourth-order valence-corrected chi connectivity index (χ4v) is 4.68. The number of hydrogen-bond acceptors (Lipinski definition) is 6. The summed E-state index contributed by atoms with van der Waals surface area (Å²) >= 11 is 0. The Morgan fingerprint density at radius 1 is 0.846 bits per heavy atom. The molecule has 6 rings (SSSR count). The number of esters is 1. The van der Waals surface area contributed by atoms with Crippen molar-refractivity contribution in [1.82, 2.24) is 0 Å². The smallest absolute Gasteiger partial charge is 0.310 e. The number of rotatable bonds is 1. The van der Waals surface area contributed by atoms with Gasteiger partial charge in [0.25, 0.3) is 0 Å². The molecule has 3 atom stereocenters. The first-order valence-corrected chi connectivity index (χ1v) is 8.77. The lowest BCUT2D eigenvalue weighted by Gasteiger charge is -2.33. The van der Waals surface area contributed by atoms with Gasteiger partial charge in [-0.1, -0.05) is 12.1 Å². The molecule has 0 spiro atoms. The van der Waals surface area contributed by atoms with Gasteiger partial charge in [0.15, 0.2) is 23.0 Å². The van der Waals surface area contributed by atoms with Crippen molar-refractivity contribution in [1.29, 1.82) is 0 Å². The number of hydrogen-bond donors (Lipinski definition) is 0. The van der Waals surface area contributed by atoms with Crippen LogP contribution in [0, 0.1) is 11.8 Å². The summed E-state index contributed by atoms with van der Waals surface area (Å²) in [4.78, 5) is 12.6. The van der Waals surface area contributed by atoms with E-state index in [0.717, 1.165) is 40.5 Å². The summed E-state index contributed by atoms with van der Waals surface area (Å²) in [5.41, 5.74) is 3.22. The van der Waals surface area contributed by atoms with Gasteiger partial charge >= 0.3 is 5.97 Å². The van der Waals surface area contributed by atoms with E-state index in [0.29, 0.717) is 6.61 Å². The molecule has 0 radical (unpaired) electrons. The summed E-state index contributed by atoms with van der Waals surface area (Å²) in [6.45, 7) is 0.890. The maximum Gasteiger partial charge on any atom is 0.310 e. The predicted octanol–water partition coefficient (Wildman–Crippen LogP) is 2.62. The number of carbonyl (C=O) groups excluding carboxylic acids is 1. The van der Waals surface area contributed by atoms with Gasteiger partial charge in [-0.05, 0) is 35.7 Å². The van der Waals surface area contributed by atoms with Gasteiger partial charge in [0.2, 0.25) is 13.6 Å². The molecule has 4 aliphatic rings. The second-order valence-electron chi connectivity index (χ2n) is 7.08. The minimum Gasteiger partial charge on any atom is -0.465 e.